The van der Waals surface area contributed by atoms with Crippen LogP contribution < -0.4 is 13.2 Å². The van der Waals surface area contributed by atoms with Crippen molar-refractivity contribution in [3.05, 3.63) is 121 Å². The first-order chi connectivity index (χ1) is 12.8. The Hall–Kier alpha value is -1.86. The molecule has 0 spiro atoms. The van der Waals surface area contributed by atoms with E-state index in [0.717, 1.165) is 0 Å². The number of rotatable bonds is 3. The van der Waals surface area contributed by atoms with Gasteiger partial charge in [-0.2, -0.15) is 0 Å². The van der Waals surface area contributed by atoms with Crippen LogP contribution in [-0.4, -0.2) is 19.5 Å². The number of phenolic OH excluding ortho intramolecular Hbond substituents is 1. The molecule has 0 heterocycles. The fourth-order valence-electron chi connectivity index (χ4n) is 2.74. The predicted molar refractivity (Wildman–Crippen MR) is 112 cm³/mol. The Morgan fingerprint density at radius 1 is 0.407 bits per heavy atom. The second-order valence-corrected chi connectivity index (χ2v) is 11.0. The molecule has 0 aliphatic rings. The molecule has 27 heavy (non-hydrogen) atoms. The topological polar surface area (TPSA) is 20.2 Å². The van der Waals surface area contributed by atoms with Crippen LogP contribution in [0, 0.1) is 0 Å². The maximum atomic E-state index is 8.63. The van der Waals surface area contributed by atoms with Crippen molar-refractivity contribution in [2.75, 3.05) is 0 Å². The van der Waals surface area contributed by atoms with E-state index in [-0.39, 0.29) is 27.3 Å². The standard InChI is InChI=1S/C18H15Ge.C6H6O.Cd/c1-4-10-16(11-5-1)19(17-12-6-2-7-13-17)18-14-8-3-9-15-18;7-6-4-2-1-3-5-6;/h1-15H;1-5,7H;. The average Bonchev–Trinajstić information content (AvgIpc) is 2.72. The Morgan fingerprint density at radius 3 is 0.889 bits per heavy atom. The molecule has 0 aromatic heterocycles. The summed E-state index contributed by atoms with van der Waals surface area (Å²) in [4.78, 5) is 0. The van der Waals surface area contributed by atoms with Crippen LogP contribution in [0.5, 0.6) is 5.75 Å². The van der Waals surface area contributed by atoms with Crippen molar-refractivity contribution < 1.29 is 32.4 Å². The molecular formula is C24H21CdGeO. The normalized spacial score (nSPS) is 9.67. The summed E-state index contributed by atoms with van der Waals surface area (Å²) < 4.78 is 4.50. The Labute approximate surface area is 186 Å². The van der Waals surface area contributed by atoms with E-state index in [4.69, 9.17) is 5.11 Å². The van der Waals surface area contributed by atoms with Crippen molar-refractivity contribution in [2.24, 2.45) is 0 Å². The van der Waals surface area contributed by atoms with E-state index in [1.54, 1.807) is 24.3 Å². The number of hydrogen-bond acceptors (Lipinski definition) is 1. The molecule has 3 heteroatoms. The van der Waals surface area contributed by atoms with Gasteiger partial charge in [0.15, 0.2) is 0 Å². The number of para-hydroxylation sites is 1. The molecule has 0 aliphatic carbocycles. The van der Waals surface area contributed by atoms with E-state index in [1.165, 1.54) is 13.2 Å². The first-order valence-corrected chi connectivity index (χ1v) is 11.8. The molecule has 4 aromatic rings. The molecule has 0 fully saturated rings. The van der Waals surface area contributed by atoms with Gasteiger partial charge in [-0.1, -0.05) is 18.2 Å². The summed E-state index contributed by atoms with van der Waals surface area (Å²) in [6.45, 7) is 0. The second kappa shape index (κ2) is 11.8. The molecule has 0 unspecified atom stereocenters. The predicted octanol–water partition coefficient (Wildman–Crippen LogP) is 3.59. The van der Waals surface area contributed by atoms with E-state index in [9.17, 15) is 0 Å². The van der Waals surface area contributed by atoms with Crippen LogP contribution in [0.25, 0.3) is 0 Å². The molecule has 0 saturated heterocycles. The minimum absolute atomic E-state index is 0. The SMILES string of the molecule is Oc1ccccc1.[Cd].c1cc[c]([Ge]([c]2ccccc2)[c]2ccccc2)cc1. The molecule has 1 N–H and O–H groups in total. The fourth-order valence-corrected chi connectivity index (χ4v) is 8.15. The van der Waals surface area contributed by atoms with E-state index >= 15 is 0 Å². The van der Waals surface area contributed by atoms with Gasteiger partial charge >= 0.3 is 119 Å². The van der Waals surface area contributed by atoms with Gasteiger partial charge in [0.05, 0.1) is 0 Å². The molecular weight excluding hydrogens is 489 g/mol. The van der Waals surface area contributed by atoms with Gasteiger partial charge in [-0.05, 0) is 12.1 Å². The monoisotopic (exact) mass is 513 g/mol. The molecule has 0 atom stereocenters. The summed E-state index contributed by atoms with van der Waals surface area (Å²) in [7, 11) is 0. The Balaban J connectivity index is 0.000000278. The second-order valence-electron chi connectivity index (χ2n) is 5.81. The van der Waals surface area contributed by atoms with Gasteiger partial charge in [-0.25, -0.2) is 0 Å². The molecule has 0 saturated carbocycles. The van der Waals surface area contributed by atoms with Crippen LogP contribution in [0.15, 0.2) is 121 Å². The van der Waals surface area contributed by atoms with Gasteiger partial charge in [0.1, 0.15) is 5.75 Å². The van der Waals surface area contributed by atoms with Crippen molar-refractivity contribution in [1.29, 1.82) is 0 Å². The van der Waals surface area contributed by atoms with Crippen molar-refractivity contribution in [1.82, 2.24) is 0 Å². The van der Waals surface area contributed by atoms with Crippen molar-refractivity contribution >= 4 is 27.5 Å². The Morgan fingerprint density at radius 2 is 0.667 bits per heavy atom. The molecule has 4 rings (SSSR count). The van der Waals surface area contributed by atoms with Gasteiger partial charge in [0, 0.05) is 27.3 Å². The number of aromatic hydroxyl groups is 1. The zero-order valence-electron chi connectivity index (χ0n) is 15.2. The molecule has 1 radical (unpaired) electrons. The third kappa shape index (κ3) is 6.67. The van der Waals surface area contributed by atoms with Gasteiger partial charge in [-0.15, -0.1) is 0 Å². The molecule has 0 bridgehead atoms. The molecule has 129 valence electrons. The van der Waals surface area contributed by atoms with Crippen LogP contribution in [-0.2, 0) is 27.3 Å². The summed E-state index contributed by atoms with van der Waals surface area (Å²) in [5.41, 5.74) is 0. The van der Waals surface area contributed by atoms with Crippen molar-refractivity contribution in [2.45, 2.75) is 0 Å². The summed E-state index contributed by atoms with van der Waals surface area (Å²) in [5, 5.41) is 8.63. The number of hydrogen-bond donors (Lipinski definition) is 1. The van der Waals surface area contributed by atoms with E-state index in [2.05, 4.69) is 91.0 Å². The summed E-state index contributed by atoms with van der Waals surface area (Å²) in [6, 6.07) is 41.5. The zero-order valence-corrected chi connectivity index (χ0v) is 21.3. The van der Waals surface area contributed by atoms with Gasteiger partial charge in [0.25, 0.3) is 0 Å². The Bertz CT molecular complexity index is 790. The average molecular weight is 510 g/mol. The van der Waals surface area contributed by atoms with E-state index in [0.29, 0.717) is 5.75 Å². The van der Waals surface area contributed by atoms with E-state index < -0.39 is 14.3 Å². The van der Waals surface area contributed by atoms with Gasteiger partial charge in [-0.3, -0.25) is 0 Å². The van der Waals surface area contributed by atoms with Crippen molar-refractivity contribution in [3.63, 3.8) is 0 Å². The fraction of sp³-hybridized carbons (Fsp3) is 0. The van der Waals surface area contributed by atoms with Crippen LogP contribution in [0.2, 0.25) is 0 Å². The van der Waals surface area contributed by atoms with Gasteiger partial charge < -0.3 is 5.11 Å². The van der Waals surface area contributed by atoms with Crippen molar-refractivity contribution in [3.8, 4) is 5.75 Å². The maximum absolute atomic E-state index is 8.63. The third-order valence-electron chi connectivity index (χ3n) is 3.94. The van der Waals surface area contributed by atoms with Crippen LogP contribution in [0.4, 0.5) is 0 Å². The zero-order chi connectivity index (χ0) is 18.0. The van der Waals surface area contributed by atoms with Crippen LogP contribution in [0.1, 0.15) is 0 Å². The third-order valence-corrected chi connectivity index (χ3v) is 9.68. The molecule has 0 aliphatic heterocycles. The Kier molecular flexibility index (Phi) is 9.35. The first-order valence-electron chi connectivity index (χ1n) is 8.62. The van der Waals surface area contributed by atoms with Gasteiger partial charge in [0.2, 0.25) is 0 Å². The van der Waals surface area contributed by atoms with Crippen LogP contribution in [0.3, 0.4) is 0 Å². The minimum atomic E-state index is -1.63. The summed E-state index contributed by atoms with van der Waals surface area (Å²) >= 11 is -1.63. The van der Waals surface area contributed by atoms with E-state index in [1.807, 2.05) is 6.07 Å². The van der Waals surface area contributed by atoms with Crippen LogP contribution >= 0.6 is 0 Å². The first kappa shape index (κ1) is 21.4. The molecule has 0 amide bonds. The quantitative estimate of drug-likeness (QED) is 0.418. The molecule has 1 nitrogen and oxygen atoms in total. The summed E-state index contributed by atoms with van der Waals surface area (Å²) in [5.74, 6) is 0.322. The number of benzene rings is 4. The molecule has 4 aromatic carbocycles. The summed E-state index contributed by atoms with van der Waals surface area (Å²) in [6.07, 6.45) is 0. The number of phenols is 1.